The number of hydrogen-bond acceptors (Lipinski definition) is 2. The summed E-state index contributed by atoms with van der Waals surface area (Å²) in [5.41, 5.74) is 0.00270. The van der Waals surface area contributed by atoms with E-state index >= 15 is 0 Å². The van der Waals surface area contributed by atoms with E-state index in [1.165, 1.54) is 19.4 Å². The van der Waals surface area contributed by atoms with Crippen molar-refractivity contribution in [2.24, 2.45) is 5.92 Å². The molecule has 1 aliphatic heterocycles. The quantitative estimate of drug-likeness (QED) is 0.721. The highest BCUT2D eigenvalue weighted by Crippen LogP contribution is 2.23. The lowest BCUT2D eigenvalue weighted by Gasteiger charge is -2.43. The monoisotopic (exact) mass is 291 g/mol. The third-order valence-electron chi connectivity index (χ3n) is 3.40. The molecule has 1 saturated heterocycles. The summed E-state index contributed by atoms with van der Waals surface area (Å²) in [6.45, 7) is 12.3. The van der Waals surface area contributed by atoms with Crippen LogP contribution in [-0.2, 0) is 4.74 Å². The molecule has 96 valence electrons. The standard InChI is InChI=1S/C13H26BrNO/c1-5-11(6-2)8-15-9-12(7-14)16-13(3,4)10-15/h11-12H,5-10H2,1-4H3. The molecule has 0 spiro atoms. The number of alkyl halides is 1. The van der Waals surface area contributed by atoms with Crippen LogP contribution in [0.1, 0.15) is 40.5 Å². The first-order valence-corrected chi connectivity index (χ1v) is 7.59. The molecule has 0 radical (unpaired) electrons. The molecule has 0 aromatic rings. The molecule has 0 aromatic carbocycles. The maximum absolute atomic E-state index is 6.01. The highest BCUT2D eigenvalue weighted by Gasteiger charge is 2.33. The average molecular weight is 292 g/mol. The molecule has 0 aromatic heterocycles. The van der Waals surface area contributed by atoms with Crippen molar-refractivity contribution in [3.05, 3.63) is 0 Å². The molecule has 2 nitrogen and oxygen atoms in total. The van der Waals surface area contributed by atoms with E-state index in [0.717, 1.165) is 24.3 Å². The SMILES string of the molecule is CCC(CC)CN1CC(CBr)OC(C)(C)C1. The smallest absolute Gasteiger partial charge is 0.0806 e. The van der Waals surface area contributed by atoms with Crippen LogP contribution in [-0.4, -0.2) is 41.6 Å². The maximum atomic E-state index is 6.01. The highest BCUT2D eigenvalue weighted by molar-refractivity contribution is 9.09. The molecule has 3 heteroatoms. The second-order valence-corrected chi connectivity index (χ2v) is 6.18. The van der Waals surface area contributed by atoms with Crippen molar-refractivity contribution in [2.75, 3.05) is 25.0 Å². The minimum Gasteiger partial charge on any atom is -0.369 e. The van der Waals surface area contributed by atoms with E-state index in [1.807, 2.05) is 0 Å². The predicted octanol–water partition coefficient (Wildman–Crippen LogP) is 3.30. The molecule has 0 aliphatic carbocycles. The summed E-state index contributed by atoms with van der Waals surface area (Å²) < 4.78 is 6.01. The molecule has 16 heavy (non-hydrogen) atoms. The Morgan fingerprint density at radius 1 is 1.38 bits per heavy atom. The molecule has 1 atom stereocenters. The van der Waals surface area contributed by atoms with E-state index in [4.69, 9.17) is 4.74 Å². The first-order chi connectivity index (χ1) is 7.50. The fraction of sp³-hybridized carbons (Fsp3) is 1.00. The third kappa shape index (κ3) is 4.34. The van der Waals surface area contributed by atoms with E-state index < -0.39 is 0 Å². The van der Waals surface area contributed by atoms with E-state index in [1.54, 1.807) is 0 Å². The maximum Gasteiger partial charge on any atom is 0.0806 e. The molecule has 1 fully saturated rings. The number of nitrogens with zero attached hydrogens (tertiary/aromatic N) is 1. The second kappa shape index (κ2) is 6.36. The summed E-state index contributed by atoms with van der Waals surface area (Å²) in [4.78, 5) is 2.58. The number of morpholine rings is 1. The van der Waals surface area contributed by atoms with Gasteiger partial charge in [0.2, 0.25) is 0 Å². The summed E-state index contributed by atoms with van der Waals surface area (Å²) in [7, 11) is 0. The van der Waals surface area contributed by atoms with Crippen LogP contribution < -0.4 is 0 Å². The van der Waals surface area contributed by atoms with Crippen molar-refractivity contribution in [1.82, 2.24) is 4.90 Å². The van der Waals surface area contributed by atoms with Gasteiger partial charge in [-0.2, -0.15) is 0 Å². The van der Waals surface area contributed by atoms with Crippen LogP contribution in [0.25, 0.3) is 0 Å². The molecule has 1 aliphatic rings. The van der Waals surface area contributed by atoms with Gasteiger partial charge in [0.1, 0.15) is 0 Å². The van der Waals surface area contributed by atoms with Crippen molar-refractivity contribution in [2.45, 2.75) is 52.2 Å². The highest BCUT2D eigenvalue weighted by atomic mass is 79.9. The van der Waals surface area contributed by atoms with Crippen LogP contribution in [0, 0.1) is 5.92 Å². The zero-order valence-electron chi connectivity index (χ0n) is 11.1. The van der Waals surface area contributed by atoms with Gasteiger partial charge in [-0.3, -0.25) is 4.90 Å². The van der Waals surface area contributed by atoms with E-state index in [-0.39, 0.29) is 5.60 Å². The van der Waals surface area contributed by atoms with E-state index in [2.05, 4.69) is 48.5 Å². The Hall–Kier alpha value is 0.400. The molecule has 1 unspecified atom stereocenters. The Balaban J connectivity index is 2.52. The zero-order chi connectivity index (χ0) is 12.2. The summed E-state index contributed by atoms with van der Waals surface area (Å²) >= 11 is 3.54. The first-order valence-electron chi connectivity index (χ1n) is 6.46. The molecular weight excluding hydrogens is 266 g/mol. The van der Waals surface area contributed by atoms with Gasteiger partial charge in [0.15, 0.2) is 0 Å². The minimum atomic E-state index is 0.00270. The van der Waals surface area contributed by atoms with Gasteiger partial charge in [-0.1, -0.05) is 42.6 Å². The normalized spacial score (nSPS) is 26.2. The van der Waals surface area contributed by atoms with Crippen molar-refractivity contribution in [3.8, 4) is 0 Å². The molecular formula is C13H26BrNO. The second-order valence-electron chi connectivity index (χ2n) is 5.53. The van der Waals surface area contributed by atoms with Gasteiger partial charge in [0.05, 0.1) is 11.7 Å². The number of ether oxygens (including phenoxy) is 1. The van der Waals surface area contributed by atoms with Gasteiger partial charge in [-0.05, 0) is 19.8 Å². The van der Waals surface area contributed by atoms with Crippen LogP contribution in [0.4, 0.5) is 0 Å². The Kier molecular flexibility index (Phi) is 5.75. The van der Waals surface area contributed by atoms with E-state index in [0.29, 0.717) is 6.10 Å². The van der Waals surface area contributed by atoms with Gasteiger partial charge in [-0.25, -0.2) is 0 Å². The lowest BCUT2D eigenvalue weighted by molar-refractivity contribution is -0.128. The lowest BCUT2D eigenvalue weighted by atomic mass is 9.99. The summed E-state index contributed by atoms with van der Waals surface area (Å²) in [5, 5.41) is 0.940. The molecule has 0 bridgehead atoms. The van der Waals surface area contributed by atoms with Crippen LogP contribution in [0.15, 0.2) is 0 Å². The molecule has 1 rings (SSSR count). The van der Waals surface area contributed by atoms with Crippen LogP contribution >= 0.6 is 15.9 Å². The summed E-state index contributed by atoms with van der Waals surface area (Å²) in [6, 6.07) is 0. The topological polar surface area (TPSA) is 12.5 Å². The molecule has 0 N–H and O–H groups in total. The summed E-state index contributed by atoms with van der Waals surface area (Å²) in [6.07, 6.45) is 2.92. The van der Waals surface area contributed by atoms with Gasteiger partial charge in [0.25, 0.3) is 0 Å². The largest absolute Gasteiger partial charge is 0.369 e. The number of hydrogen-bond donors (Lipinski definition) is 0. The Morgan fingerprint density at radius 2 is 2.00 bits per heavy atom. The van der Waals surface area contributed by atoms with Gasteiger partial charge in [-0.15, -0.1) is 0 Å². The average Bonchev–Trinajstić information content (AvgIpc) is 2.23. The minimum absolute atomic E-state index is 0.00270. The number of rotatable bonds is 5. The van der Waals surface area contributed by atoms with Crippen molar-refractivity contribution in [3.63, 3.8) is 0 Å². The van der Waals surface area contributed by atoms with Crippen molar-refractivity contribution in [1.29, 1.82) is 0 Å². The fourth-order valence-corrected chi connectivity index (χ4v) is 2.89. The van der Waals surface area contributed by atoms with Gasteiger partial charge >= 0.3 is 0 Å². The van der Waals surface area contributed by atoms with Gasteiger partial charge in [0, 0.05) is 25.0 Å². The van der Waals surface area contributed by atoms with Gasteiger partial charge < -0.3 is 4.74 Å². The Morgan fingerprint density at radius 3 is 2.50 bits per heavy atom. The molecule has 1 heterocycles. The Labute approximate surface area is 109 Å². The Bertz CT molecular complexity index is 204. The first kappa shape index (κ1) is 14.5. The molecule has 0 amide bonds. The third-order valence-corrected chi connectivity index (χ3v) is 4.12. The van der Waals surface area contributed by atoms with Crippen molar-refractivity contribution < 1.29 is 4.74 Å². The van der Waals surface area contributed by atoms with Crippen LogP contribution in [0.3, 0.4) is 0 Å². The van der Waals surface area contributed by atoms with E-state index in [9.17, 15) is 0 Å². The van der Waals surface area contributed by atoms with Crippen LogP contribution in [0.5, 0.6) is 0 Å². The van der Waals surface area contributed by atoms with Crippen molar-refractivity contribution >= 4 is 15.9 Å². The lowest BCUT2D eigenvalue weighted by Crippen LogP contribution is -2.54. The fourth-order valence-electron chi connectivity index (χ4n) is 2.55. The molecule has 0 saturated carbocycles. The van der Waals surface area contributed by atoms with Crippen LogP contribution in [0.2, 0.25) is 0 Å². The zero-order valence-corrected chi connectivity index (χ0v) is 12.7. The predicted molar refractivity (Wildman–Crippen MR) is 73.3 cm³/mol. The number of halogens is 1. The summed E-state index contributed by atoms with van der Waals surface area (Å²) in [5.74, 6) is 0.838.